The van der Waals surface area contributed by atoms with E-state index in [0.29, 0.717) is 29.7 Å². The summed E-state index contributed by atoms with van der Waals surface area (Å²) in [6, 6.07) is 17.5. The average Bonchev–Trinajstić information content (AvgIpc) is 3.50. The summed E-state index contributed by atoms with van der Waals surface area (Å²) in [4.78, 5) is 24.9. The van der Waals surface area contributed by atoms with Crippen molar-refractivity contribution in [3.63, 3.8) is 0 Å². The van der Waals surface area contributed by atoms with Crippen molar-refractivity contribution in [1.82, 2.24) is 19.9 Å². The molecule has 8 nitrogen and oxygen atoms in total. The second-order valence-corrected chi connectivity index (χ2v) is 10.1. The topological polar surface area (TPSA) is 86.5 Å². The Morgan fingerprint density at radius 3 is 2.20 bits per heavy atom. The first-order valence-corrected chi connectivity index (χ1v) is 13.3. The number of hydrogen-bond acceptors (Lipinski definition) is 6. The van der Waals surface area contributed by atoms with Crippen LogP contribution in [-0.2, 0) is 9.53 Å². The molecule has 44 heavy (non-hydrogen) atoms. The molecule has 1 aliphatic heterocycles. The van der Waals surface area contributed by atoms with E-state index in [-0.39, 0.29) is 30.3 Å². The van der Waals surface area contributed by atoms with Crippen molar-refractivity contribution < 1.29 is 45.4 Å². The number of methoxy groups -OCH3 is 1. The Kier molecular flexibility index (Phi) is 8.35. The number of rotatable bonds is 6. The van der Waals surface area contributed by atoms with Gasteiger partial charge in [0.15, 0.2) is 0 Å². The molecule has 5 rings (SSSR count). The van der Waals surface area contributed by atoms with Crippen molar-refractivity contribution in [2.75, 3.05) is 20.2 Å². The van der Waals surface area contributed by atoms with Gasteiger partial charge in [-0.25, -0.2) is 9.48 Å². The smallest absolute Gasteiger partial charge is 0.465 e. The fourth-order valence-corrected chi connectivity index (χ4v) is 5.06. The van der Waals surface area contributed by atoms with Crippen molar-refractivity contribution in [2.24, 2.45) is 0 Å². The van der Waals surface area contributed by atoms with E-state index in [9.17, 15) is 35.9 Å². The van der Waals surface area contributed by atoms with Crippen LogP contribution in [0, 0.1) is 0 Å². The molecule has 230 valence electrons. The summed E-state index contributed by atoms with van der Waals surface area (Å²) in [7, 11) is 1.24. The largest absolute Gasteiger partial charge is 0.573 e. The number of amides is 1. The molecule has 0 spiro atoms. The van der Waals surface area contributed by atoms with E-state index in [4.69, 9.17) is 4.74 Å². The van der Waals surface area contributed by atoms with E-state index >= 15 is 0 Å². The predicted octanol–water partition coefficient (Wildman–Crippen LogP) is 6.55. The number of aromatic nitrogens is 3. The molecule has 0 N–H and O–H groups in total. The van der Waals surface area contributed by atoms with E-state index in [0.717, 1.165) is 22.1 Å². The molecule has 3 aromatic carbocycles. The third kappa shape index (κ3) is 7.01. The number of ether oxygens (including phenoxy) is 2. The Morgan fingerprint density at radius 2 is 1.57 bits per heavy atom. The molecule has 0 unspecified atom stereocenters. The van der Waals surface area contributed by atoms with Crippen LogP contribution >= 0.6 is 0 Å². The molecule has 4 aromatic rings. The minimum Gasteiger partial charge on any atom is -0.465 e. The van der Waals surface area contributed by atoms with E-state index in [2.05, 4.69) is 15.0 Å². The molecule has 0 bridgehead atoms. The van der Waals surface area contributed by atoms with Gasteiger partial charge in [0.1, 0.15) is 11.4 Å². The molecule has 1 aromatic heterocycles. The summed E-state index contributed by atoms with van der Waals surface area (Å²) >= 11 is 0. The monoisotopic (exact) mass is 618 g/mol. The lowest BCUT2D eigenvalue weighted by Crippen LogP contribution is -2.45. The van der Waals surface area contributed by atoms with Crippen LogP contribution in [0.5, 0.6) is 5.75 Å². The normalized spacial score (nSPS) is 14.4. The second-order valence-electron chi connectivity index (χ2n) is 10.1. The first kappa shape index (κ1) is 30.6. The number of benzene rings is 3. The maximum Gasteiger partial charge on any atom is 0.573 e. The molecule has 0 radical (unpaired) electrons. The molecule has 1 aliphatic rings. The van der Waals surface area contributed by atoms with E-state index in [1.54, 1.807) is 18.2 Å². The number of carbonyl (C=O) groups excluding carboxylic acids is 2. The number of likely N-dealkylation sites (tertiary alicyclic amines) is 1. The van der Waals surface area contributed by atoms with E-state index < -0.39 is 30.2 Å². The van der Waals surface area contributed by atoms with Crippen molar-refractivity contribution in [2.45, 2.75) is 31.3 Å². The highest BCUT2D eigenvalue weighted by atomic mass is 19.4. The number of esters is 1. The first-order chi connectivity index (χ1) is 20.8. The van der Waals surface area contributed by atoms with Gasteiger partial charge >= 0.3 is 24.4 Å². The SMILES string of the molecule is COC(=O)c1cc(-c2ccc(C3CCN(C(=O)C(F)(F)F)CC3)cc2)cc(-n2cc(-c3cccc(OC(F)(F)F)c3)nn2)c1. The lowest BCUT2D eigenvalue weighted by atomic mass is 9.88. The van der Waals surface area contributed by atoms with Crippen LogP contribution in [0.2, 0.25) is 0 Å². The lowest BCUT2D eigenvalue weighted by molar-refractivity contribution is -0.274. The summed E-state index contributed by atoms with van der Waals surface area (Å²) < 4.78 is 86.6. The van der Waals surface area contributed by atoms with Crippen molar-refractivity contribution in [3.05, 3.63) is 84.1 Å². The number of alkyl halides is 6. The lowest BCUT2D eigenvalue weighted by Gasteiger charge is -2.32. The molecule has 0 aliphatic carbocycles. The fourth-order valence-electron chi connectivity index (χ4n) is 5.06. The van der Waals surface area contributed by atoms with Crippen LogP contribution in [0.25, 0.3) is 28.1 Å². The zero-order valence-electron chi connectivity index (χ0n) is 23.0. The van der Waals surface area contributed by atoms with Crippen molar-refractivity contribution in [3.8, 4) is 33.8 Å². The summed E-state index contributed by atoms with van der Waals surface area (Å²) in [6.07, 6.45) is -7.47. The zero-order valence-corrected chi connectivity index (χ0v) is 23.0. The molecule has 14 heteroatoms. The van der Waals surface area contributed by atoms with Crippen LogP contribution in [0.4, 0.5) is 26.3 Å². The number of nitrogens with zero attached hydrogens (tertiary/aromatic N) is 4. The second kappa shape index (κ2) is 12.0. The third-order valence-electron chi connectivity index (χ3n) is 7.20. The van der Waals surface area contributed by atoms with Crippen molar-refractivity contribution >= 4 is 11.9 Å². The highest BCUT2D eigenvalue weighted by Gasteiger charge is 2.43. The van der Waals surface area contributed by atoms with Gasteiger partial charge in [-0.15, -0.1) is 18.3 Å². The van der Waals surface area contributed by atoms with Gasteiger partial charge in [0.25, 0.3) is 0 Å². The number of piperidine rings is 1. The zero-order chi connectivity index (χ0) is 31.6. The van der Waals surface area contributed by atoms with Crippen LogP contribution < -0.4 is 4.74 Å². The van der Waals surface area contributed by atoms with Gasteiger partial charge in [-0.05, 0) is 65.8 Å². The van der Waals surface area contributed by atoms with E-state index in [1.165, 1.54) is 36.2 Å². The predicted molar refractivity (Wildman–Crippen MR) is 145 cm³/mol. The Bertz CT molecular complexity index is 1660. The van der Waals surface area contributed by atoms with Gasteiger partial charge < -0.3 is 14.4 Å². The summed E-state index contributed by atoms with van der Waals surface area (Å²) in [5.74, 6) is -2.87. The maximum atomic E-state index is 12.8. The molecule has 1 saturated heterocycles. The summed E-state index contributed by atoms with van der Waals surface area (Å²) in [5.41, 5.74) is 3.48. The first-order valence-electron chi connectivity index (χ1n) is 13.3. The average molecular weight is 619 g/mol. The number of halogens is 6. The standard InChI is InChI=1S/C30H24F6N4O4/c1-43-27(41)23-13-22(19-7-5-18(6-8-19)20-9-11-39(12-10-20)28(42)29(31,32)33)14-24(15-23)40-17-26(37-38-40)21-3-2-4-25(16-21)44-30(34,35)36/h2-8,13-17,20H,9-12H2,1H3. The molecule has 1 amide bonds. The molecule has 0 saturated carbocycles. The van der Waals surface area contributed by atoms with Gasteiger partial charge in [-0.1, -0.05) is 41.6 Å². The highest BCUT2D eigenvalue weighted by Crippen LogP contribution is 2.33. The minimum absolute atomic E-state index is 0.00877. The Balaban J connectivity index is 1.38. The van der Waals surface area contributed by atoms with Gasteiger partial charge in [0.05, 0.1) is 24.6 Å². The highest BCUT2D eigenvalue weighted by molar-refractivity contribution is 5.92. The van der Waals surface area contributed by atoms with Crippen LogP contribution in [0.15, 0.2) is 72.9 Å². The molecule has 1 fully saturated rings. The fraction of sp³-hybridized carbons (Fsp3) is 0.267. The minimum atomic E-state index is -4.89. The van der Waals surface area contributed by atoms with Crippen LogP contribution in [0.1, 0.15) is 34.7 Å². The quantitative estimate of drug-likeness (QED) is 0.180. The van der Waals surface area contributed by atoms with E-state index in [1.807, 2.05) is 24.3 Å². The molecule has 0 atom stereocenters. The molecular weight excluding hydrogens is 594 g/mol. The van der Waals surface area contributed by atoms with Gasteiger partial charge in [-0.3, -0.25) is 4.79 Å². The molecule has 2 heterocycles. The Morgan fingerprint density at radius 1 is 0.864 bits per heavy atom. The molecular formula is C30H24F6N4O4. The van der Waals surface area contributed by atoms with Gasteiger partial charge in [-0.2, -0.15) is 13.2 Å². The van der Waals surface area contributed by atoms with Gasteiger partial charge in [0, 0.05) is 18.7 Å². The Hall–Kier alpha value is -4.88. The van der Waals surface area contributed by atoms with Crippen LogP contribution in [-0.4, -0.2) is 64.5 Å². The van der Waals surface area contributed by atoms with Crippen LogP contribution in [0.3, 0.4) is 0 Å². The maximum absolute atomic E-state index is 12.8. The third-order valence-corrected chi connectivity index (χ3v) is 7.20. The summed E-state index contributed by atoms with van der Waals surface area (Å²) in [5, 5.41) is 8.15. The van der Waals surface area contributed by atoms with Crippen molar-refractivity contribution in [1.29, 1.82) is 0 Å². The van der Waals surface area contributed by atoms with Gasteiger partial charge in [0.2, 0.25) is 0 Å². The Labute approximate surface area is 246 Å². The number of hydrogen-bond donors (Lipinski definition) is 0. The summed E-state index contributed by atoms with van der Waals surface area (Å²) in [6.45, 7) is 0.0175. The number of carbonyl (C=O) groups is 2.